The van der Waals surface area contributed by atoms with E-state index >= 15 is 0 Å². The maximum atomic E-state index is 9.74. The molecule has 0 saturated carbocycles. The normalized spacial score (nSPS) is 23.7. The summed E-state index contributed by atoms with van der Waals surface area (Å²) < 4.78 is 5.55. The molecule has 1 aliphatic rings. The quantitative estimate of drug-likeness (QED) is 0.645. The van der Waals surface area contributed by atoms with Gasteiger partial charge in [0, 0.05) is 18.1 Å². The van der Waals surface area contributed by atoms with E-state index < -0.39 is 0 Å². The van der Waals surface area contributed by atoms with E-state index in [1.54, 1.807) is 0 Å². The van der Waals surface area contributed by atoms with Crippen LogP contribution in [0, 0.1) is 0 Å². The molecule has 0 aromatic rings. The third-order valence-electron chi connectivity index (χ3n) is 4.65. The fourth-order valence-electron chi connectivity index (χ4n) is 3.01. The highest BCUT2D eigenvalue weighted by atomic mass is 16.5. The van der Waals surface area contributed by atoms with Gasteiger partial charge in [0.1, 0.15) is 0 Å². The highest BCUT2D eigenvalue weighted by molar-refractivity contribution is 4.86. The van der Waals surface area contributed by atoms with Gasteiger partial charge in [0.05, 0.1) is 19.8 Å². The second-order valence-electron chi connectivity index (χ2n) is 6.00. The monoisotopic (exact) mass is 286 g/mol. The maximum Gasteiger partial charge on any atom is 0.0622 e. The minimum Gasteiger partial charge on any atom is -0.394 e. The van der Waals surface area contributed by atoms with Crippen molar-refractivity contribution in [3.63, 3.8) is 0 Å². The van der Waals surface area contributed by atoms with Gasteiger partial charge in [-0.3, -0.25) is 4.90 Å². The molecule has 0 radical (unpaired) electrons. The van der Waals surface area contributed by atoms with Crippen molar-refractivity contribution < 1.29 is 9.84 Å². The molecule has 2 N–H and O–H groups in total. The number of hydrogen-bond donors (Lipinski definition) is 2. The molecular formula is C16H34N2O2. The summed E-state index contributed by atoms with van der Waals surface area (Å²) in [6, 6.07) is 0.581. The van der Waals surface area contributed by atoms with Gasteiger partial charge in [-0.25, -0.2) is 0 Å². The molecule has 0 spiro atoms. The Balaban J connectivity index is 2.38. The molecule has 0 aliphatic carbocycles. The Morgan fingerprint density at radius 1 is 1.35 bits per heavy atom. The Morgan fingerprint density at radius 3 is 2.75 bits per heavy atom. The molecule has 1 rings (SSSR count). The van der Waals surface area contributed by atoms with Gasteiger partial charge < -0.3 is 15.2 Å². The number of nitrogens with one attached hydrogen (secondary N) is 1. The zero-order chi connectivity index (χ0) is 14.8. The second-order valence-corrected chi connectivity index (χ2v) is 6.00. The van der Waals surface area contributed by atoms with Crippen molar-refractivity contribution in [2.75, 3.05) is 39.5 Å². The highest BCUT2D eigenvalue weighted by Crippen LogP contribution is 2.19. The molecule has 1 heterocycles. The van der Waals surface area contributed by atoms with Crippen molar-refractivity contribution in [1.82, 2.24) is 10.2 Å². The fraction of sp³-hybridized carbons (Fsp3) is 1.00. The van der Waals surface area contributed by atoms with Crippen LogP contribution >= 0.6 is 0 Å². The molecule has 4 nitrogen and oxygen atoms in total. The van der Waals surface area contributed by atoms with E-state index in [0.29, 0.717) is 6.04 Å². The zero-order valence-corrected chi connectivity index (χ0v) is 13.7. The molecule has 2 atom stereocenters. The fourth-order valence-corrected chi connectivity index (χ4v) is 3.01. The molecule has 1 fully saturated rings. The van der Waals surface area contributed by atoms with Crippen molar-refractivity contribution in [1.29, 1.82) is 0 Å². The van der Waals surface area contributed by atoms with Crippen LogP contribution in [0.4, 0.5) is 0 Å². The Labute approximate surface area is 124 Å². The van der Waals surface area contributed by atoms with E-state index in [4.69, 9.17) is 4.74 Å². The van der Waals surface area contributed by atoms with Crippen molar-refractivity contribution in [3.05, 3.63) is 0 Å². The summed E-state index contributed by atoms with van der Waals surface area (Å²) in [5, 5.41) is 13.3. The van der Waals surface area contributed by atoms with Gasteiger partial charge in [0.15, 0.2) is 0 Å². The highest BCUT2D eigenvalue weighted by Gasteiger charge is 2.27. The minimum absolute atomic E-state index is 0.0794. The van der Waals surface area contributed by atoms with Gasteiger partial charge in [-0.2, -0.15) is 0 Å². The van der Waals surface area contributed by atoms with Crippen LogP contribution in [0.1, 0.15) is 52.9 Å². The summed E-state index contributed by atoms with van der Waals surface area (Å²) >= 11 is 0. The average molecular weight is 286 g/mol. The van der Waals surface area contributed by atoms with E-state index in [-0.39, 0.29) is 12.1 Å². The van der Waals surface area contributed by atoms with E-state index in [0.717, 1.165) is 65.0 Å². The van der Waals surface area contributed by atoms with Crippen LogP contribution in [0.2, 0.25) is 0 Å². The minimum atomic E-state index is -0.0794. The molecule has 0 amide bonds. The lowest BCUT2D eigenvalue weighted by Gasteiger charge is -2.37. The summed E-state index contributed by atoms with van der Waals surface area (Å²) in [7, 11) is 0. The lowest BCUT2D eigenvalue weighted by molar-refractivity contribution is -0.0105. The van der Waals surface area contributed by atoms with E-state index in [1.165, 1.54) is 0 Å². The number of morpholine rings is 1. The Kier molecular flexibility index (Phi) is 8.69. The molecule has 4 heteroatoms. The van der Waals surface area contributed by atoms with Crippen LogP contribution in [0.25, 0.3) is 0 Å². The number of aliphatic hydroxyl groups excluding tert-OH is 1. The Bertz CT molecular complexity index is 245. The van der Waals surface area contributed by atoms with Crippen molar-refractivity contribution in [2.45, 2.75) is 64.5 Å². The van der Waals surface area contributed by atoms with E-state index in [2.05, 4.69) is 31.0 Å². The molecule has 2 unspecified atom stereocenters. The molecule has 1 aliphatic heterocycles. The number of hydrogen-bond acceptors (Lipinski definition) is 4. The lowest BCUT2D eigenvalue weighted by atomic mass is 9.90. The largest absolute Gasteiger partial charge is 0.394 e. The number of nitrogens with zero attached hydrogens (tertiary/aromatic N) is 1. The number of rotatable bonds is 10. The molecule has 0 bridgehead atoms. The average Bonchev–Trinajstić information content (AvgIpc) is 2.51. The van der Waals surface area contributed by atoms with Crippen LogP contribution in [0.15, 0.2) is 0 Å². The smallest absolute Gasteiger partial charge is 0.0622 e. The summed E-state index contributed by atoms with van der Waals surface area (Å²) in [6.07, 6.45) is 5.45. The van der Waals surface area contributed by atoms with Gasteiger partial charge in [-0.15, -0.1) is 0 Å². The van der Waals surface area contributed by atoms with E-state index in [9.17, 15) is 5.11 Å². The van der Waals surface area contributed by atoms with Crippen molar-refractivity contribution in [2.24, 2.45) is 0 Å². The maximum absolute atomic E-state index is 9.74. The molecule has 0 aromatic carbocycles. The Hall–Kier alpha value is -0.160. The number of ether oxygens (including phenoxy) is 1. The van der Waals surface area contributed by atoms with Gasteiger partial charge in [0.2, 0.25) is 0 Å². The third kappa shape index (κ3) is 5.32. The van der Waals surface area contributed by atoms with Crippen molar-refractivity contribution in [3.8, 4) is 0 Å². The predicted molar refractivity (Wildman–Crippen MR) is 84.1 cm³/mol. The van der Waals surface area contributed by atoms with Crippen LogP contribution < -0.4 is 5.32 Å². The standard InChI is InChI=1S/C16H34N2O2/c1-4-9-17-16(6-3,14-19)8-7-10-18-11-12-20-13-15(18)5-2/h15,17,19H,4-14H2,1-3H3. The number of aliphatic hydroxyl groups is 1. The first-order valence-corrected chi connectivity index (χ1v) is 8.39. The van der Waals surface area contributed by atoms with Gasteiger partial charge >= 0.3 is 0 Å². The van der Waals surface area contributed by atoms with Crippen LogP contribution in [0.5, 0.6) is 0 Å². The van der Waals surface area contributed by atoms with Crippen LogP contribution in [0.3, 0.4) is 0 Å². The van der Waals surface area contributed by atoms with Gasteiger partial charge in [-0.05, 0) is 45.2 Å². The topological polar surface area (TPSA) is 44.7 Å². The molecular weight excluding hydrogens is 252 g/mol. The second kappa shape index (κ2) is 9.72. The van der Waals surface area contributed by atoms with E-state index in [1.807, 2.05) is 0 Å². The Morgan fingerprint density at radius 2 is 2.15 bits per heavy atom. The molecule has 0 aromatic heterocycles. The summed E-state index contributed by atoms with van der Waals surface area (Å²) in [5.74, 6) is 0. The summed E-state index contributed by atoms with van der Waals surface area (Å²) in [5.41, 5.74) is -0.0794. The first-order chi connectivity index (χ1) is 9.71. The molecule has 20 heavy (non-hydrogen) atoms. The SMILES string of the molecule is CCCNC(CC)(CO)CCCN1CCOCC1CC. The predicted octanol–water partition coefficient (Wildman–Crippen LogP) is 2.02. The lowest BCUT2D eigenvalue weighted by Crippen LogP contribution is -2.50. The first-order valence-electron chi connectivity index (χ1n) is 8.39. The van der Waals surface area contributed by atoms with Gasteiger partial charge in [-0.1, -0.05) is 20.8 Å². The first kappa shape index (κ1) is 17.9. The third-order valence-corrected chi connectivity index (χ3v) is 4.65. The van der Waals surface area contributed by atoms with Crippen LogP contribution in [-0.2, 0) is 4.74 Å². The summed E-state index contributed by atoms with van der Waals surface area (Å²) in [4.78, 5) is 2.56. The van der Waals surface area contributed by atoms with Gasteiger partial charge in [0.25, 0.3) is 0 Å². The summed E-state index contributed by atoms with van der Waals surface area (Å²) in [6.45, 7) is 11.7. The molecule has 120 valence electrons. The van der Waals surface area contributed by atoms with Crippen LogP contribution in [-0.4, -0.2) is 61.0 Å². The zero-order valence-electron chi connectivity index (χ0n) is 13.7. The molecule has 1 saturated heterocycles. The van der Waals surface area contributed by atoms with Crippen molar-refractivity contribution >= 4 is 0 Å².